The lowest BCUT2D eigenvalue weighted by Crippen LogP contribution is -2.47. The minimum absolute atomic E-state index is 0.0731. The lowest BCUT2D eigenvalue weighted by atomic mass is 9.80. The van der Waals surface area contributed by atoms with Crippen molar-refractivity contribution in [3.05, 3.63) is 71.1 Å². The highest BCUT2D eigenvalue weighted by Crippen LogP contribution is 2.37. The number of hydrogen-bond acceptors (Lipinski definition) is 5. The third kappa shape index (κ3) is 5.05. The standard InChI is InChI=1S/C31H37FN6O2/c1-18-15-31(6,7)37(13-12-22(18)27(39)23-16-33-35-19(23)2)29(40)26-17-38-28(34-26)24(30(3,4)5)14-25(36-38)20-8-10-21(32)11-9-20/h8-11,14,16-18,22H,12-13,15H2,1-7H3,(H,33,35). The normalized spacial score (nSPS) is 19.6. The van der Waals surface area contributed by atoms with Crippen LogP contribution in [0.4, 0.5) is 4.39 Å². The minimum Gasteiger partial charge on any atom is -0.332 e. The van der Waals surface area contributed by atoms with E-state index < -0.39 is 5.54 Å². The Hall–Kier alpha value is -3.88. The number of halogens is 1. The number of aryl methyl sites for hydroxylation is 1. The molecule has 9 heteroatoms. The highest BCUT2D eigenvalue weighted by atomic mass is 19.1. The molecule has 0 spiro atoms. The number of aromatic nitrogens is 5. The van der Waals surface area contributed by atoms with Crippen LogP contribution in [0.3, 0.4) is 0 Å². The van der Waals surface area contributed by atoms with Gasteiger partial charge in [-0.05, 0) is 75.3 Å². The molecule has 2 atom stereocenters. The zero-order valence-electron chi connectivity index (χ0n) is 24.2. The van der Waals surface area contributed by atoms with Crippen molar-refractivity contribution >= 4 is 17.3 Å². The van der Waals surface area contributed by atoms with Gasteiger partial charge in [0.25, 0.3) is 5.91 Å². The summed E-state index contributed by atoms with van der Waals surface area (Å²) in [6.45, 7) is 14.8. The smallest absolute Gasteiger partial charge is 0.274 e. The molecule has 1 fully saturated rings. The quantitative estimate of drug-likeness (QED) is 0.317. The molecule has 1 amide bonds. The first kappa shape index (κ1) is 27.7. The Balaban J connectivity index is 1.50. The van der Waals surface area contributed by atoms with Crippen LogP contribution in [0.25, 0.3) is 16.9 Å². The molecule has 40 heavy (non-hydrogen) atoms. The third-order valence-electron chi connectivity index (χ3n) is 8.17. The summed E-state index contributed by atoms with van der Waals surface area (Å²) in [7, 11) is 0. The second-order valence-electron chi connectivity index (χ2n) is 12.7. The van der Waals surface area contributed by atoms with Crippen molar-refractivity contribution in [3.8, 4) is 11.3 Å². The molecule has 1 aliphatic heterocycles. The fourth-order valence-electron chi connectivity index (χ4n) is 5.99. The van der Waals surface area contributed by atoms with E-state index in [0.717, 1.165) is 16.8 Å². The van der Waals surface area contributed by atoms with E-state index in [9.17, 15) is 14.0 Å². The molecule has 0 aliphatic carbocycles. The maximum absolute atomic E-state index is 14.0. The Labute approximate surface area is 234 Å². The number of carbonyl (C=O) groups is 2. The highest BCUT2D eigenvalue weighted by molar-refractivity contribution is 5.99. The number of aromatic amines is 1. The van der Waals surface area contributed by atoms with Gasteiger partial charge in [0.1, 0.15) is 11.5 Å². The number of H-pyrrole nitrogens is 1. The number of carbonyl (C=O) groups excluding carboxylic acids is 2. The number of hydrogen-bond donors (Lipinski definition) is 1. The number of likely N-dealkylation sites (tertiary alicyclic amines) is 1. The average molecular weight is 545 g/mol. The SMILES string of the molecule is Cc1[nH]ncc1C(=O)C1CCN(C(=O)c2cn3nc(-c4ccc(F)cc4)cc(C(C)(C)C)c3n2)C(C)(C)CC1C. The fraction of sp³-hybridized carbons (Fsp3) is 0.452. The molecule has 0 saturated carbocycles. The fourth-order valence-corrected chi connectivity index (χ4v) is 5.99. The molecular formula is C31H37FN6O2. The number of Topliss-reactive ketones (excluding diaryl/α,β-unsaturated/α-hetero) is 1. The molecular weight excluding hydrogens is 507 g/mol. The summed E-state index contributed by atoms with van der Waals surface area (Å²) in [4.78, 5) is 34.1. The first-order chi connectivity index (χ1) is 18.8. The van der Waals surface area contributed by atoms with Crippen LogP contribution in [0.2, 0.25) is 0 Å². The Morgan fingerprint density at radius 2 is 1.85 bits per heavy atom. The van der Waals surface area contributed by atoms with Crippen LogP contribution >= 0.6 is 0 Å². The molecule has 8 nitrogen and oxygen atoms in total. The van der Waals surface area contributed by atoms with E-state index in [1.165, 1.54) is 12.1 Å². The van der Waals surface area contributed by atoms with Crippen molar-refractivity contribution in [1.82, 2.24) is 29.7 Å². The minimum atomic E-state index is -0.480. The van der Waals surface area contributed by atoms with Gasteiger partial charge in [0.15, 0.2) is 11.4 Å². The summed E-state index contributed by atoms with van der Waals surface area (Å²) in [6.07, 6.45) is 4.52. The Kier molecular flexibility index (Phi) is 6.88. The van der Waals surface area contributed by atoms with Crippen LogP contribution < -0.4 is 0 Å². The first-order valence-electron chi connectivity index (χ1n) is 13.8. The van der Waals surface area contributed by atoms with Crippen LogP contribution in [0, 0.1) is 24.6 Å². The summed E-state index contributed by atoms with van der Waals surface area (Å²) in [5, 5.41) is 11.6. The molecule has 0 radical (unpaired) electrons. The van der Waals surface area contributed by atoms with E-state index in [-0.39, 0.29) is 34.8 Å². The monoisotopic (exact) mass is 544 g/mol. The molecule has 3 aromatic heterocycles. The number of fused-ring (bicyclic) bond motifs is 1. The number of benzene rings is 1. The van der Waals surface area contributed by atoms with Gasteiger partial charge in [-0.2, -0.15) is 10.2 Å². The summed E-state index contributed by atoms with van der Waals surface area (Å²) < 4.78 is 15.2. The van der Waals surface area contributed by atoms with Gasteiger partial charge >= 0.3 is 0 Å². The van der Waals surface area contributed by atoms with E-state index in [2.05, 4.69) is 51.7 Å². The van der Waals surface area contributed by atoms with E-state index in [1.807, 2.05) is 17.9 Å². The molecule has 1 aromatic carbocycles. The van der Waals surface area contributed by atoms with Gasteiger partial charge < -0.3 is 4.90 Å². The second kappa shape index (κ2) is 9.94. The van der Waals surface area contributed by atoms with Crippen molar-refractivity contribution in [3.63, 3.8) is 0 Å². The Bertz CT molecular complexity index is 1580. The van der Waals surface area contributed by atoms with Gasteiger partial charge in [-0.3, -0.25) is 14.7 Å². The first-order valence-corrected chi connectivity index (χ1v) is 13.8. The maximum Gasteiger partial charge on any atom is 0.274 e. The molecule has 2 unspecified atom stereocenters. The van der Waals surface area contributed by atoms with Crippen molar-refractivity contribution in [2.75, 3.05) is 6.54 Å². The van der Waals surface area contributed by atoms with Gasteiger partial charge in [-0.25, -0.2) is 13.9 Å². The molecule has 1 N–H and O–H groups in total. The predicted octanol–water partition coefficient (Wildman–Crippen LogP) is 6.01. The lowest BCUT2D eigenvalue weighted by Gasteiger charge is -2.37. The van der Waals surface area contributed by atoms with Gasteiger partial charge in [0, 0.05) is 34.8 Å². The molecule has 1 aliphatic rings. The molecule has 1 saturated heterocycles. The molecule has 4 heterocycles. The molecule has 0 bridgehead atoms. The highest BCUT2D eigenvalue weighted by Gasteiger charge is 2.41. The number of nitrogens with one attached hydrogen (secondary N) is 1. The Morgan fingerprint density at radius 1 is 1.15 bits per heavy atom. The van der Waals surface area contributed by atoms with E-state index in [4.69, 9.17) is 10.1 Å². The van der Waals surface area contributed by atoms with Gasteiger partial charge in [0.2, 0.25) is 0 Å². The summed E-state index contributed by atoms with van der Waals surface area (Å²) in [5.41, 5.74) is 3.94. The zero-order chi connectivity index (χ0) is 29.0. The average Bonchev–Trinajstić information content (AvgIpc) is 3.47. The summed E-state index contributed by atoms with van der Waals surface area (Å²) in [5.74, 6) is -0.540. The van der Waals surface area contributed by atoms with Crippen molar-refractivity contribution in [2.24, 2.45) is 11.8 Å². The largest absolute Gasteiger partial charge is 0.332 e. The van der Waals surface area contributed by atoms with Crippen molar-refractivity contribution in [2.45, 2.75) is 72.3 Å². The summed E-state index contributed by atoms with van der Waals surface area (Å²) >= 11 is 0. The number of nitrogens with zero attached hydrogens (tertiary/aromatic N) is 5. The molecule has 5 rings (SSSR count). The van der Waals surface area contributed by atoms with Crippen LogP contribution in [-0.2, 0) is 5.41 Å². The van der Waals surface area contributed by atoms with Crippen LogP contribution in [-0.4, -0.2) is 53.5 Å². The second-order valence-corrected chi connectivity index (χ2v) is 12.7. The van der Waals surface area contributed by atoms with Gasteiger partial charge in [-0.15, -0.1) is 0 Å². The van der Waals surface area contributed by atoms with E-state index in [1.54, 1.807) is 29.0 Å². The zero-order valence-corrected chi connectivity index (χ0v) is 24.2. The Morgan fingerprint density at radius 3 is 2.48 bits per heavy atom. The summed E-state index contributed by atoms with van der Waals surface area (Å²) in [6, 6.07) is 8.19. The number of amides is 1. The molecule has 210 valence electrons. The van der Waals surface area contributed by atoms with Crippen molar-refractivity contribution < 1.29 is 14.0 Å². The number of rotatable bonds is 4. The van der Waals surface area contributed by atoms with Gasteiger partial charge in [0.05, 0.1) is 23.7 Å². The van der Waals surface area contributed by atoms with Crippen molar-refractivity contribution in [1.29, 1.82) is 0 Å². The topological polar surface area (TPSA) is 96.2 Å². The number of ketones is 1. The van der Waals surface area contributed by atoms with Crippen LogP contribution in [0.5, 0.6) is 0 Å². The third-order valence-corrected chi connectivity index (χ3v) is 8.17. The lowest BCUT2D eigenvalue weighted by molar-refractivity contribution is 0.0537. The molecule has 4 aromatic rings. The van der Waals surface area contributed by atoms with E-state index in [0.29, 0.717) is 42.0 Å². The van der Waals surface area contributed by atoms with Crippen LogP contribution in [0.15, 0.2) is 42.7 Å². The van der Waals surface area contributed by atoms with Crippen LogP contribution in [0.1, 0.15) is 86.5 Å². The number of imidazole rings is 1. The predicted molar refractivity (Wildman–Crippen MR) is 152 cm³/mol. The van der Waals surface area contributed by atoms with Gasteiger partial charge in [-0.1, -0.05) is 27.7 Å². The maximum atomic E-state index is 14.0. The van der Waals surface area contributed by atoms with E-state index >= 15 is 0 Å².